The summed E-state index contributed by atoms with van der Waals surface area (Å²) < 4.78 is 6.19. The summed E-state index contributed by atoms with van der Waals surface area (Å²) in [6.45, 7) is 0.244. The summed E-state index contributed by atoms with van der Waals surface area (Å²) in [6.07, 6.45) is -0.279. The minimum atomic E-state index is -0.660. The summed E-state index contributed by atoms with van der Waals surface area (Å²) in [5, 5.41) is 16.7. The highest BCUT2D eigenvalue weighted by atomic mass is 79.9. The Kier molecular flexibility index (Phi) is 5.80. The molecule has 112 valence electrons. The van der Waals surface area contributed by atoms with Crippen molar-refractivity contribution in [2.45, 2.75) is 12.5 Å². The van der Waals surface area contributed by atoms with Crippen LogP contribution in [0, 0.1) is 0 Å². The second kappa shape index (κ2) is 7.40. The van der Waals surface area contributed by atoms with Crippen LogP contribution in [0.5, 0.6) is 5.88 Å². The third-order valence-corrected chi connectivity index (χ3v) is 5.00. The largest absolute Gasteiger partial charge is 0.476 e. The maximum Gasteiger partial charge on any atom is 0.279 e. The first-order chi connectivity index (χ1) is 9.99. The average molecular weight is 439 g/mol. The molecule has 0 radical (unpaired) electrons. The second-order valence-corrected chi connectivity index (χ2v) is 6.21. The lowest BCUT2D eigenvalue weighted by atomic mass is 10.1. The molecule has 21 heavy (non-hydrogen) atoms. The van der Waals surface area contributed by atoms with Gasteiger partial charge in [-0.15, -0.1) is 5.10 Å². The van der Waals surface area contributed by atoms with Crippen molar-refractivity contribution in [2.24, 2.45) is 0 Å². The number of aromatic nitrogens is 2. The third kappa shape index (κ3) is 4.29. The van der Waals surface area contributed by atoms with Crippen molar-refractivity contribution in [3.8, 4) is 5.88 Å². The second-order valence-electron chi connectivity index (χ2n) is 4.19. The van der Waals surface area contributed by atoms with Gasteiger partial charge in [0.1, 0.15) is 8.95 Å². The number of nitrogens with zero attached hydrogens (tertiary/aromatic N) is 1. The van der Waals surface area contributed by atoms with Gasteiger partial charge < -0.3 is 9.84 Å². The quantitative estimate of drug-likeness (QED) is 0.750. The van der Waals surface area contributed by atoms with Gasteiger partial charge in [-0.2, -0.15) is 0 Å². The summed E-state index contributed by atoms with van der Waals surface area (Å²) in [5.41, 5.74) is 0.410. The van der Waals surface area contributed by atoms with Gasteiger partial charge >= 0.3 is 0 Å². The van der Waals surface area contributed by atoms with Crippen molar-refractivity contribution < 1.29 is 9.84 Å². The fraction of sp³-hybridized carbons (Fsp3) is 0.231. The zero-order chi connectivity index (χ0) is 15.4. The number of halogens is 3. The number of benzene rings is 1. The molecule has 1 atom stereocenters. The molecular weight excluding hydrogens is 427 g/mol. The van der Waals surface area contributed by atoms with E-state index >= 15 is 0 Å². The molecule has 0 saturated heterocycles. The maximum atomic E-state index is 11.3. The van der Waals surface area contributed by atoms with Crippen LogP contribution in [-0.4, -0.2) is 21.9 Å². The number of hydrogen-bond acceptors (Lipinski definition) is 4. The zero-order valence-corrected chi connectivity index (χ0v) is 14.6. The van der Waals surface area contributed by atoms with Crippen LogP contribution < -0.4 is 10.3 Å². The molecule has 0 fully saturated rings. The number of H-pyrrole nitrogens is 1. The molecule has 2 rings (SSSR count). The number of aliphatic hydroxyl groups is 1. The lowest BCUT2D eigenvalue weighted by Crippen LogP contribution is -2.13. The van der Waals surface area contributed by atoms with Gasteiger partial charge in [0.25, 0.3) is 5.56 Å². The molecule has 8 heteroatoms. The summed E-state index contributed by atoms with van der Waals surface area (Å²) in [5.74, 6) is 0.254. The first-order valence-electron chi connectivity index (χ1n) is 5.99. The van der Waals surface area contributed by atoms with Gasteiger partial charge in [0.15, 0.2) is 0 Å². The molecule has 0 spiro atoms. The molecule has 0 aliphatic heterocycles. The van der Waals surface area contributed by atoms with Crippen LogP contribution in [0.3, 0.4) is 0 Å². The van der Waals surface area contributed by atoms with E-state index in [1.807, 2.05) is 0 Å². The number of nitrogens with one attached hydrogen (secondary N) is 1. The smallest absolute Gasteiger partial charge is 0.279 e. The van der Waals surface area contributed by atoms with Gasteiger partial charge in [0, 0.05) is 11.4 Å². The summed E-state index contributed by atoms with van der Waals surface area (Å²) in [4.78, 5) is 11.3. The van der Waals surface area contributed by atoms with E-state index in [0.29, 0.717) is 20.4 Å². The van der Waals surface area contributed by atoms with E-state index in [4.69, 9.17) is 16.3 Å². The molecule has 0 bridgehead atoms. The number of aromatic amines is 1. The number of rotatable bonds is 5. The van der Waals surface area contributed by atoms with Gasteiger partial charge in [-0.1, -0.05) is 23.7 Å². The van der Waals surface area contributed by atoms with Crippen LogP contribution in [0.2, 0.25) is 5.02 Å². The van der Waals surface area contributed by atoms with Crippen LogP contribution in [0.4, 0.5) is 0 Å². The minimum absolute atomic E-state index is 0.244. The van der Waals surface area contributed by atoms with Crippen LogP contribution in [-0.2, 0) is 0 Å². The van der Waals surface area contributed by atoms with Gasteiger partial charge in [-0.05, 0) is 49.6 Å². The standard InChI is InChI=1S/C13H11Br2ClN2O3/c14-10-11(15)13(18-17-12(10)20)21-6-5-9(19)7-1-3-8(16)4-2-7/h1-4,9,19H,5-6H2,(H,17,20). The Labute approximate surface area is 142 Å². The Hall–Kier alpha value is -0.890. The van der Waals surface area contributed by atoms with E-state index in [1.165, 1.54) is 0 Å². The zero-order valence-electron chi connectivity index (χ0n) is 10.6. The minimum Gasteiger partial charge on any atom is -0.476 e. The molecule has 1 unspecified atom stereocenters. The van der Waals surface area contributed by atoms with Gasteiger partial charge in [0.05, 0.1) is 12.7 Å². The van der Waals surface area contributed by atoms with Crippen molar-refractivity contribution in [1.29, 1.82) is 0 Å². The van der Waals surface area contributed by atoms with Crippen LogP contribution in [0.25, 0.3) is 0 Å². The summed E-state index contributed by atoms with van der Waals surface area (Å²) in [6, 6.07) is 6.96. The molecule has 0 amide bonds. The molecule has 0 aliphatic rings. The summed E-state index contributed by atoms with van der Waals surface area (Å²) >= 11 is 12.1. The van der Waals surface area contributed by atoms with Crippen molar-refractivity contribution >= 4 is 43.5 Å². The van der Waals surface area contributed by atoms with Crippen molar-refractivity contribution in [1.82, 2.24) is 10.2 Å². The Morgan fingerprint density at radius 3 is 2.62 bits per heavy atom. The van der Waals surface area contributed by atoms with Gasteiger partial charge in [-0.25, -0.2) is 5.10 Å². The highest BCUT2D eigenvalue weighted by Gasteiger charge is 2.12. The molecule has 1 aromatic carbocycles. The topological polar surface area (TPSA) is 75.2 Å². The Morgan fingerprint density at radius 1 is 1.29 bits per heavy atom. The average Bonchev–Trinajstić information content (AvgIpc) is 2.48. The molecule has 5 nitrogen and oxygen atoms in total. The first-order valence-corrected chi connectivity index (χ1v) is 7.95. The third-order valence-electron chi connectivity index (χ3n) is 2.72. The lowest BCUT2D eigenvalue weighted by Gasteiger charge is -2.12. The van der Waals surface area contributed by atoms with E-state index in [0.717, 1.165) is 5.56 Å². The van der Waals surface area contributed by atoms with E-state index < -0.39 is 6.10 Å². The molecule has 0 saturated carbocycles. The normalized spacial score (nSPS) is 12.2. The number of ether oxygens (including phenoxy) is 1. The molecule has 0 aliphatic carbocycles. The van der Waals surface area contributed by atoms with Crippen molar-refractivity contribution in [3.05, 3.63) is 54.2 Å². The highest BCUT2D eigenvalue weighted by molar-refractivity contribution is 9.13. The highest BCUT2D eigenvalue weighted by Crippen LogP contribution is 2.27. The monoisotopic (exact) mass is 436 g/mol. The number of aliphatic hydroxyl groups excluding tert-OH is 1. The predicted molar refractivity (Wildman–Crippen MR) is 86.8 cm³/mol. The van der Waals surface area contributed by atoms with E-state index in [9.17, 15) is 9.90 Å². The Balaban J connectivity index is 1.94. The van der Waals surface area contributed by atoms with Gasteiger partial charge in [0.2, 0.25) is 5.88 Å². The molecule has 1 heterocycles. The fourth-order valence-electron chi connectivity index (χ4n) is 1.61. The summed E-state index contributed by atoms with van der Waals surface area (Å²) in [7, 11) is 0. The van der Waals surface area contributed by atoms with Crippen molar-refractivity contribution in [3.63, 3.8) is 0 Å². The van der Waals surface area contributed by atoms with E-state index in [2.05, 4.69) is 42.1 Å². The molecule has 2 aromatic rings. The Bertz CT molecular complexity index is 676. The number of hydrogen-bond donors (Lipinski definition) is 2. The van der Waals surface area contributed by atoms with Crippen LogP contribution >= 0.6 is 43.5 Å². The van der Waals surface area contributed by atoms with Crippen LogP contribution in [0.1, 0.15) is 18.1 Å². The SMILES string of the molecule is O=c1[nH]nc(OCCC(O)c2ccc(Cl)cc2)c(Br)c1Br. The maximum absolute atomic E-state index is 11.3. The van der Waals surface area contributed by atoms with Gasteiger partial charge in [-0.3, -0.25) is 4.79 Å². The van der Waals surface area contributed by atoms with E-state index in [1.54, 1.807) is 24.3 Å². The van der Waals surface area contributed by atoms with Crippen molar-refractivity contribution in [2.75, 3.05) is 6.61 Å². The fourth-order valence-corrected chi connectivity index (χ4v) is 2.38. The lowest BCUT2D eigenvalue weighted by molar-refractivity contribution is 0.138. The Morgan fingerprint density at radius 2 is 1.95 bits per heavy atom. The molecular formula is C13H11Br2ClN2O3. The predicted octanol–water partition coefficient (Wildman–Crippen LogP) is 3.45. The van der Waals surface area contributed by atoms with E-state index in [-0.39, 0.29) is 18.0 Å². The molecule has 1 aromatic heterocycles. The van der Waals surface area contributed by atoms with Crippen LogP contribution in [0.15, 0.2) is 38.0 Å². The first kappa shape index (κ1) is 16.5. The molecule has 2 N–H and O–H groups in total.